The van der Waals surface area contributed by atoms with Crippen LogP contribution in [0.4, 0.5) is 0 Å². The number of unbranched alkanes of at least 4 members (excludes halogenated alkanes) is 18. The zero-order valence-electron chi connectivity index (χ0n) is 19.2. The molecule has 2 nitrogen and oxygen atoms in total. The summed E-state index contributed by atoms with van der Waals surface area (Å²) in [5.74, 6) is 0. The van der Waals surface area contributed by atoms with Gasteiger partial charge in [0, 0.05) is 13.2 Å². The quantitative estimate of drug-likeness (QED) is 0.135. The summed E-state index contributed by atoms with van der Waals surface area (Å²) >= 11 is 0. The largest absolute Gasteiger partial charge is 0.396 e. The first-order chi connectivity index (χ1) is 13.8. The number of aliphatic hydroxyl groups is 2. The molecule has 0 aromatic rings. The molecule has 0 aromatic carbocycles. The Morgan fingerprint density at radius 1 is 0.500 bits per heavy atom. The van der Waals surface area contributed by atoms with Crippen LogP contribution in [0, 0.1) is 0 Å². The molecular formula is C26H52O2. The van der Waals surface area contributed by atoms with Gasteiger partial charge in [0.25, 0.3) is 0 Å². The second kappa shape index (κ2) is 24.7. The van der Waals surface area contributed by atoms with Gasteiger partial charge in [0.2, 0.25) is 0 Å². The van der Waals surface area contributed by atoms with Gasteiger partial charge < -0.3 is 10.2 Å². The first-order valence-electron chi connectivity index (χ1n) is 12.7. The third-order valence-corrected chi connectivity index (χ3v) is 5.86. The lowest BCUT2D eigenvalue weighted by Crippen LogP contribution is -1.93. The predicted molar refractivity (Wildman–Crippen MR) is 125 cm³/mol. The highest BCUT2D eigenvalue weighted by molar-refractivity contribution is 5.01. The Morgan fingerprint density at radius 2 is 0.821 bits per heavy atom. The van der Waals surface area contributed by atoms with Gasteiger partial charge in [0.1, 0.15) is 0 Å². The molecule has 0 aliphatic heterocycles. The van der Waals surface area contributed by atoms with Crippen molar-refractivity contribution in [3.63, 3.8) is 0 Å². The molecule has 0 aromatic heterocycles. The van der Waals surface area contributed by atoms with Crippen molar-refractivity contribution in [1.29, 1.82) is 0 Å². The van der Waals surface area contributed by atoms with Crippen molar-refractivity contribution in [2.45, 2.75) is 142 Å². The van der Waals surface area contributed by atoms with Crippen LogP contribution in [0.1, 0.15) is 142 Å². The molecule has 28 heavy (non-hydrogen) atoms. The standard InChI is InChI=1S/C26H52O2/c1-2-3-4-5-6-7-8-9-10-11-12-13-14-15-16-17-18-19-20-21-26(22-24-27)23-25-28/h21,27-28H,2-20,22-25H2,1H3. The lowest BCUT2D eigenvalue weighted by molar-refractivity contribution is 0.280. The van der Waals surface area contributed by atoms with Gasteiger partial charge in [-0.25, -0.2) is 0 Å². The Labute approximate surface area is 177 Å². The van der Waals surface area contributed by atoms with Gasteiger partial charge >= 0.3 is 0 Å². The Kier molecular flexibility index (Phi) is 24.4. The predicted octanol–water partition coefficient (Wildman–Crippen LogP) is 8.11. The van der Waals surface area contributed by atoms with Gasteiger partial charge in [-0.15, -0.1) is 0 Å². The summed E-state index contributed by atoms with van der Waals surface area (Å²) in [7, 11) is 0. The molecule has 0 saturated carbocycles. The maximum absolute atomic E-state index is 9.00. The highest BCUT2D eigenvalue weighted by Gasteiger charge is 1.97. The van der Waals surface area contributed by atoms with Crippen LogP contribution in [0.3, 0.4) is 0 Å². The molecule has 0 amide bonds. The third-order valence-electron chi connectivity index (χ3n) is 5.86. The van der Waals surface area contributed by atoms with Crippen molar-refractivity contribution in [2.75, 3.05) is 13.2 Å². The molecule has 0 saturated heterocycles. The molecule has 0 aliphatic rings. The monoisotopic (exact) mass is 396 g/mol. The van der Waals surface area contributed by atoms with E-state index in [1.54, 1.807) is 0 Å². The Bertz CT molecular complexity index is 304. The number of hydrogen-bond donors (Lipinski definition) is 2. The molecule has 0 atom stereocenters. The lowest BCUT2D eigenvalue weighted by Gasteiger charge is -2.05. The second-order valence-electron chi connectivity index (χ2n) is 8.61. The molecule has 0 radical (unpaired) electrons. The highest BCUT2D eigenvalue weighted by atomic mass is 16.3. The van der Waals surface area contributed by atoms with Gasteiger partial charge in [-0.05, 0) is 25.7 Å². The Balaban J connectivity index is 3.18. The minimum Gasteiger partial charge on any atom is -0.396 e. The van der Waals surface area contributed by atoms with Crippen LogP contribution in [0.25, 0.3) is 0 Å². The zero-order valence-corrected chi connectivity index (χ0v) is 19.2. The van der Waals surface area contributed by atoms with E-state index >= 15 is 0 Å². The number of hydrogen-bond acceptors (Lipinski definition) is 2. The SMILES string of the molecule is CCCCCCCCCCCCCCCCCCCCC=C(CCO)CCO. The Morgan fingerprint density at radius 3 is 1.14 bits per heavy atom. The van der Waals surface area contributed by atoms with Crippen molar-refractivity contribution in [3.05, 3.63) is 11.6 Å². The minimum absolute atomic E-state index is 0.199. The average molecular weight is 397 g/mol. The van der Waals surface area contributed by atoms with E-state index in [9.17, 15) is 0 Å². The lowest BCUT2D eigenvalue weighted by atomic mass is 10.0. The molecule has 0 aliphatic carbocycles. The van der Waals surface area contributed by atoms with E-state index in [4.69, 9.17) is 10.2 Å². The van der Waals surface area contributed by atoms with Crippen LogP contribution in [-0.4, -0.2) is 23.4 Å². The van der Waals surface area contributed by atoms with Gasteiger partial charge in [0.05, 0.1) is 0 Å². The second-order valence-corrected chi connectivity index (χ2v) is 8.61. The maximum Gasteiger partial charge on any atom is 0.0468 e. The average Bonchev–Trinajstić information content (AvgIpc) is 2.70. The van der Waals surface area contributed by atoms with Crippen LogP contribution in [-0.2, 0) is 0 Å². The summed E-state index contributed by atoms with van der Waals surface area (Å²) in [6.07, 6.45) is 30.3. The Hall–Kier alpha value is -0.340. The van der Waals surface area contributed by atoms with E-state index in [0.29, 0.717) is 0 Å². The van der Waals surface area contributed by atoms with Crippen molar-refractivity contribution >= 4 is 0 Å². The smallest absolute Gasteiger partial charge is 0.0468 e. The van der Waals surface area contributed by atoms with Gasteiger partial charge in [-0.2, -0.15) is 0 Å². The van der Waals surface area contributed by atoms with Crippen LogP contribution in [0.5, 0.6) is 0 Å². The number of allylic oxidation sites excluding steroid dienone is 1. The van der Waals surface area contributed by atoms with E-state index in [1.807, 2.05) is 0 Å². The van der Waals surface area contributed by atoms with Crippen molar-refractivity contribution in [3.8, 4) is 0 Å². The first-order valence-corrected chi connectivity index (χ1v) is 12.7. The van der Waals surface area contributed by atoms with Crippen LogP contribution in [0.2, 0.25) is 0 Å². The van der Waals surface area contributed by atoms with Gasteiger partial charge in [-0.1, -0.05) is 128 Å². The first kappa shape index (κ1) is 27.7. The topological polar surface area (TPSA) is 40.5 Å². The molecule has 168 valence electrons. The molecule has 2 N–H and O–H groups in total. The van der Waals surface area contributed by atoms with E-state index in [2.05, 4.69) is 13.0 Å². The molecule has 0 heterocycles. The summed E-state index contributed by atoms with van der Waals surface area (Å²) < 4.78 is 0. The molecule has 0 fully saturated rings. The highest BCUT2D eigenvalue weighted by Crippen LogP contribution is 2.15. The number of aliphatic hydroxyl groups excluding tert-OH is 2. The van der Waals surface area contributed by atoms with Crippen molar-refractivity contribution < 1.29 is 10.2 Å². The normalized spacial score (nSPS) is 11.1. The fraction of sp³-hybridized carbons (Fsp3) is 0.923. The summed E-state index contributed by atoms with van der Waals surface area (Å²) in [6, 6.07) is 0. The van der Waals surface area contributed by atoms with Gasteiger partial charge in [-0.3, -0.25) is 0 Å². The van der Waals surface area contributed by atoms with E-state index in [-0.39, 0.29) is 13.2 Å². The summed E-state index contributed by atoms with van der Waals surface area (Å²) in [5.41, 5.74) is 1.22. The van der Waals surface area contributed by atoms with Crippen molar-refractivity contribution in [2.24, 2.45) is 0 Å². The van der Waals surface area contributed by atoms with Gasteiger partial charge in [0.15, 0.2) is 0 Å². The molecule has 0 bridgehead atoms. The third kappa shape index (κ3) is 22.0. The van der Waals surface area contributed by atoms with E-state index in [0.717, 1.165) is 19.3 Å². The molecule has 0 rings (SSSR count). The van der Waals surface area contributed by atoms with Crippen molar-refractivity contribution in [1.82, 2.24) is 0 Å². The summed E-state index contributed by atoms with van der Waals surface area (Å²) in [4.78, 5) is 0. The summed E-state index contributed by atoms with van der Waals surface area (Å²) in [6.45, 7) is 2.69. The molecule has 2 heteroatoms. The van der Waals surface area contributed by atoms with Crippen LogP contribution in [0.15, 0.2) is 11.6 Å². The molecule has 0 spiro atoms. The molecule has 0 unspecified atom stereocenters. The summed E-state index contributed by atoms with van der Waals surface area (Å²) in [5, 5.41) is 18.0. The number of rotatable bonds is 23. The fourth-order valence-electron chi connectivity index (χ4n) is 3.97. The van der Waals surface area contributed by atoms with E-state index in [1.165, 1.54) is 121 Å². The minimum atomic E-state index is 0.199. The van der Waals surface area contributed by atoms with Crippen LogP contribution < -0.4 is 0 Å². The maximum atomic E-state index is 9.00. The molecular weight excluding hydrogens is 344 g/mol. The van der Waals surface area contributed by atoms with E-state index < -0.39 is 0 Å². The fourth-order valence-corrected chi connectivity index (χ4v) is 3.97. The zero-order chi connectivity index (χ0) is 20.5. The van der Waals surface area contributed by atoms with Crippen LogP contribution >= 0.6 is 0 Å².